The number of carbonyl (C=O) groups is 2. The maximum Gasteiger partial charge on any atom is 0.241 e. The van der Waals surface area contributed by atoms with Crippen molar-refractivity contribution in [2.45, 2.75) is 36.2 Å². The van der Waals surface area contributed by atoms with Crippen molar-refractivity contribution < 1.29 is 23.1 Å². The number of hydrogen-bond donors (Lipinski definition) is 2. The highest BCUT2D eigenvalue weighted by Crippen LogP contribution is 2.35. The van der Waals surface area contributed by atoms with E-state index in [2.05, 4.69) is 4.72 Å². The van der Waals surface area contributed by atoms with Crippen LogP contribution in [0.3, 0.4) is 0 Å². The van der Waals surface area contributed by atoms with E-state index < -0.39 is 21.6 Å². The van der Waals surface area contributed by atoms with E-state index in [1.54, 1.807) is 24.3 Å². The molecule has 1 aromatic rings. The molecule has 1 atom stereocenters. The second kappa shape index (κ2) is 7.38. The number of benzene rings is 1. The Morgan fingerprint density at radius 1 is 1.19 bits per heavy atom. The van der Waals surface area contributed by atoms with Gasteiger partial charge in [0.15, 0.2) is 5.78 Å². The largest absolute Gasteiger partial charge is 0.396 e. The second-order valence-electron chi connectivity index (χ2n) is 6.82. The highest BCUT2D eigenvalue weighted by molar-refractivity contribution is 7.89. The van der Waals surface area contributed by atoms with Gasteiger partial charge in [0.05, 0.1) is 10.4 Å². The average molecular weight is 390 g/mol. The molecule has 2 N–H and O–H groups in total. The molecule has 0 aromatic heterocycles. The van der Waals surface area contributed by atoms with Crippen molar-refractivity contribution >= 4 is 21.7 Å². The average Bonchev–Trinajstić information content (AvgIpc) is 2.87. The topological polar surface area (TPSA) is 104 Å². The van der Waals surface area contributed by atoms with Gasteiger partial charge in [-0.15, -0.1) is 0 Å². The van der Waals surface area contributed by atoms with Gasteiger partial charge in [-0.2, -0.15) is 4.72 Å². The lowest BCUT2D eigenvalue weighted by atomic mass is 9.90. The number of sulfonamides is 1. The molecule has 0 saturated carbocycles. The minimum atomic E-state index is -3.87. The minimum Gasteiger partial charge on any atom is -0.396 e. The monoisotopic (exact) mass is 390 g/mol. The number of ketones is 1. The van der Waals surface area contributed by atoms with E-state index in [1.165, 1.54) is 29.2 Å². The molecule has 1 fully saturated rings. The van der Waals surface area contributed by atoms with Crippen molar-refractivity contribution in [2.24, 2.45) is 0 Å². The molecule has 0 bridgehead atoms. The van der Waals surface area contributed by atoms with Crippen LogP contribution in [0.15, 0.2) is 53.5 Å². The van der Waals surface area contributed by atoms with E-state index in [0.29, 0.717) is 6.42 Å². The number of hydrogen-bond acceptors (Lipinski definition) is 5. The number of rotatable bonds is 6. The number of aliphatic hydroxyl groups is 1. The first-order valence-electron chi connectivity index (χ1n) is 8.71. The van der Waals surface area contributed by atoms with Crippen LogP contribution in [0.2, 0.25) is 0 Å². The third-order valence-electron chi connectivity index (χ3n) is 4.84. The summed E-state index contributed by atoms with van der Waals surface area (Å²) in [6.07, 6.45) is 6.57. The zero-order valence-corrected chi connectivity index (χ0v) is 15.8. The summed E-state index contributed by atoms with van der Waals surface area (Å²) in [5, 5.41) is 9.13. The number of nitrogens with zero attached hydrogens (tertiary/aromatic N) is 1. The first-order chi connectivity index (χ1) is 12.8. The summed E-state index contributed by atoms with van der Waals surface area (Å²) < 4.78 is 27.8. The Labute approximate surface area is 158 Å². The van der Waals surface area contributed by atoms with Crippen LogP contribution in [-0.4, -0.2) is 54.8 Å². The van der Waals surface area contributed by atoms with Crippen LogP contribution < -0.4 is 4.72 Å². The molecular formula is C19H22N2O5S. The lowest BCUT2D eigenvalue weighted by Crippen LogP contribution is -2.45. The molecule has 27 heavy (non-hydrogen) atoms. The van der Waals surface area contributed by atoms with Crippen LogP contribution in [-0.2, 0) is 19.6 Å². The first-order valence-corrected chi connectivity index (χ1v) is 10.2. The fourth-order valence-corrected chi connectivity index (χ4v) is 4.60. The van der Waals surface area contributed by atoms with Crippen molar-refractivity contribution in [3.8, 4) is 0 Å². The molecule has 1 aliphatic heterocycles. The van der Waals surface area contributed by atoms with Crippen molar-refractivity contribution in [3.05, 3.63) is 54.1 Å². The first kappa shape index (κ1) is 19.5. The van der Waals surface area contributed by atoms with Crippen molar-refractivity contribution in [1.29, 1.82) is 0 Å². The SMILES string of the molecule is Cc1ccc(S(=O)(=O)N[C@H]2CC3(C=CC(=O)C=C3)N(CCCO)C2=O)cc1. The molecule has 7 nitrogen and oxygen atoms in total. The molecular weight excluding hydrogens is 368 g/mol. The molecule has 1 saturated heterocycles. The summed E-state index contributed by atoms with van der Waals surface area (Å²) in [5.74, 6) is -0.554. The maximum absolute atomic E-state index is 12.9. The third-order valence-corrected chi connectivity index (χ3v) is 6.33. The second-order valence-corrected chi connectivity index (χ2v) is 8.53. The lowest BCUT2D eigenvalue weighted by molar-refractivity contribution is -0.131. The van der Waals surface area contributed by atoms with E-state index in [0.717, 1.165) is 5.56 Å². The minimum absolute atomic E-state index is 0.0913. The van der Waals surface area contributed by atoms with E-state index in [-0.39, 0.29) is 36.2 Å². The number of amides is 1. The number of carbonyl (C=O) groups excluding carboxylic acids is 2. The van der Waals surface area contributed by atoms with Crippen molar-refractivity contribution in [2.75, 3.05) is 13.2 Å². The van der Waals surface area contributed by atoms with Gasteiger partial charge in [0.25, 0.3) is 0 Å². The molecule has 8 heteroatoms. The van der Waals surface area contributed by atoms with E-state index >= 15 is 0 Å². The van der Waals surface area contributed by atoms with Crippen LogP contribution in [0.4, 0.5) is 0 Å². The highest BCUT2D eigenvalue weighted by Gasteiger charge is 2.49. The van der Waals surface area contributed by atoms with E-state index in [4.69, 9.17) is 5.11 Å². The molecule has 0 radical (unpaired) electrons. The van der Waals surface area contributed by atoms with Crippen molar-refractivity contribution in [1.82, 2.24) is 9.62 Å². The van der Waals surface area contributed by atoms with Gasteiger partial charge < -0.3 is 10.0 Å². The van der Waals surface area contributed by atoms with Crippen LogP contribution in [0, 0.1) is 6.92 Å². The summed E-state index contributed by atoms with van der Waals surface area (Å²) in [6.45, 7) is 2.03. The van der Waals surface area contributed by atoms with Gasteiger partial charge in [-0.25, -0.2) is 8.42 Å². The fraction of sp³-hybridized carbons (Fsp3) is 0.368. The number of likely N-dealkylation sites (tertiary alicyclic amines) is 1. The summed E-state index contributed by atoms with van der Waals surface area (Å²) >= 11 is 0. The van der Waals surface area contributed by atoms with E-state index in [9.17, 15) is 18.0 Å². The molecule has 1 heterocycles. The predicted octanol–water partition coefficient (Wildman–Crippen LogP) is 0.691. The number of aliphatic hydroxyl groups excluding tert-OH is 1. The smallest absolute Gasteiger partial charge is 0.241 e. The van der Waals surface area contributed by atoms with Gasteiger partial charge in [-0.3, -0.25) is 9.59 Å². The Bertz CT molecular complexity index is 887. The van der Waals surface area contributed by atoms with Gasteiger partial charge in [0.2, 0.25) is 15.9 Å². The van der Waals surface area contributed by atoms with Crippen LogP contribution in [0.25, 0.3) is 0 Å². The van der Waals surface area contributed by atoms with Crippen LogP contribution >= 0.6 is 0 Å². The molecule has 1 aromatic carbocycles. The molecule has 1 amide bonds. The molecule has 1 aliphatic carbocycles. The normalized spacial score (nSPS) is 21.4. The Balaban J connectivity index is 1.87. The summed E-state index contributed by atoms with van der Waals surface area (Å²) in [7, 11) is -3.87. The fourth-order valence-electron chi connectivity index (χ4n) is 3.41. The van der Waals surface area contributed by atoms with Gasteiger partial charge >= 0.3 is 0 Å². The molecule has 2 aliphatic rings. The number of allylic oxidation sites excluding steroid dienone is 2. The lowest BCUT2D eigenvalue weighted by Gasteiger charge is -2.34. The predicted molar refractivity (Wildman–Crippen MR) is 99.3 cm³/mol. The third kappa shape index (κ3) is 3.87. The van der Waals surface area contributed by atoms with E-state index in [1.807, 2.05) is 6.92 Å². The molecule has 144 valence electrons. The van der Waals surface area contributed by atoms with Gasteiger partial charge in [0, 0.05) is 19.6 Å². The Kier molecular flexibility index (Phi) is 5.32. The highest BCUT2D eigenvalue weighted by atomic mass is 32.2. The zero-order chi connectivity index (χ0) is 19.7. The summed E-state index contributed by atoms with van der Waals surface area (Å²) in [6, 6.07) is 5.43. The zero-order valence-electron chi connectivity index (χ0n) is 15.0. The maximum atomic E-state index is 12.9. The van der Waals surface area contributed by atoms with Gasteiger partial charge in [-0.05, 0) is 37.6 Å². The molecule has 1 spiro atoms. The van der Waals surface area contributed by atoms with Crippen LogP contribution in [0.5, 0.6) is 0 Å². The van der Waals surface area contributed by atoms with Crippen LogP contribution in [0.1, 0.15) is 18.4 Å². The van der Waals surface area contributed by atoms with Crippen molar-refractivity contribution in [3.63, 3.8) is 0 Å². The molecule has 3 rings (SSSR count). The molecule has 0 unspecified atom stereocenters. The summed E-state index contributed by atoms with van der Waals surface area (Å²) in [4.78, 5) is 26.0. The number of aryl methyl sites for hydroxylation is 1. The Morgan fingerprint density at radius 3 is 2.41 bits per heavy atom. The Morgan fingerprint density at radius 2 is 1.81 bits per heavy atom. The standard InChI is InChI=1S/C19H22N2O5S/c1-14-3-5-16(6-4-14)27(25,26)20-17-13-19(9-7-15(23)8-10-19)21(18(17)24)11-2-12-22/h3-10,17,20,22H,2,11-13H2,1H3/t17-/m0/s1. The summed E-state index contributed by atoms with van der Waals surface area (Å²) in [5.41, 5.74) is 0.0721. The Hall–Kier alpha value is -2.29. The van der Waals surface area contributed by atoms with Gasteiger partial charge in [-0.1, -0.05) is 29.8 Å². The number of nitrogens with one attached hydrogen (secondary N) is 1. The van der Waals surface area contributed by atoms with Gasteiger partial charge in [0.1, 0.15) is 6.04 Å². The quantitative estimate of drug-likeness (QED) is 0.744.